The number of benzene rings is 2. The van der Waals surface area contributed by atoms with Crippen LogP contribution in [-0.2, 0) is 0 Å². The van der Waals surface area contributed by atoms with Crippen molar-refractivity contribution in [1.82, 2.24) is 5.32 Å². The molecule has 2 aromatic carbocycles. The molecule has 7 nitrogen and oxygen atoms in total. The van der Waals surface area contributed by atoms with Crippen LogP contribution < -0.4 is 11.1 Å². The van der Waals surface area contributed by atoms with Crippen molar-refractivity contribution in [3.63, 3.8) is 0 Å². The summed E-state index contributed by atoms with van der Waals surface area (Å²) in [7, 11) is 0. The molecule has 1 aliphatic heterocycles. The van der Waals surface area contributed by atoms with E-state index in [9.17, 15) is 15.0 Å². The lowest BCUT2D eigenvalue weighted by Gasteiger charge is -2.24. The van der Waals surface area contributed by atoms with Gasteiger partial charge < -0.3 is 21.3 Å². The Labute approximate surface area is 169 Å². The first-order chi connectivity index (χ1) is 13.9. The van der Waals surface area contributed by atoms with Crippen LogP contribution in [-0.4, -0.2) is 53.5 Å². The number of aliphatic hydroxyl groups is 2. The molecule has 0 aliphatic carbocycles. The molecule has 150 valence electrons. The number of hydrogen-bond acceptors (Lipinski definition) is 5. The highest BCUT2D eigenvalue weighted by molar-refractivity contribution is 5.96. The fraction of sp³-hybridized carbons (Fsp3) is 0.227. The molecule has 2 unspecified atom stereocenters. The summed E-state index contributed by atoms with van der Waals surface area (Å²) in [6.45, 7) is 1.66. The van der Waals surface area contributed by atoms with Gasteiger partial charge in [0.2, 0.25) is 0 Å². The summed E-state index contributed by atoms with van der Waals surface area (Å²) in [5, 5.41) is 29.9. The number of amidine groups is 1. The van der Waals surface area contributed by atoms with Crippen LogP contribution in [0.5, 0.6) is 0 Å². The van der Waals surface area contributed by atoms with Crippen molar-refractivity contribution in [2.45, 2.75) is 19.1 Å². The molecule has 1 amide bonds. The quantitative estimate of drug-likeness (QED) is 0.376. The van der Waals surface area contributed by atoms with Gasteiger partial charge in [0.25, 0.3) is 5.91 Å². The molecule has 0 fully saturated rings. The second-order valence-corrected chi connectivity index (χ2v) is 6.92. The number of aliphatic imine (C=N–C) groups is 1. The minimum Gasteiger partial charge on any atom is -0.392 e. The van der Waals surface area contributed by atoms with Crippen molar-refractivity contribution in [2.75, 3.05) is 13.2 Å². The van der Waals surface area contributed by atoms with E-state index in [0.717, 1.165) is 11.1 Å². The fourth-order valence-electron chi connectivity index (χ4n) is 3.14. The van der Waals surface area contributed by atoms with E-state index in [1.807, 2.05) is 24.3 Å². The summed E-state index contributed by atoms with van der Waals surface area (Å²) in [5.74, 6) is -0.234. The molecule has 0 aromatic heterocycles. The van der Waals surface area contributed by atoms with Crippen LogP contribution >= 0.6 is 0 Å². The molecule has 2 aromatic rings. The van der Waals surface area contributed by atoms with Crippen LogP contribution in [0, 0.1) is 5.41 Å². The van der Waals surface area contributed by atoms with Crippen molar-refractivity contribution >= 4 is 18.0 Å². The Bertz CT molecular complexity index is 963. The van der Waals surface area contributed by atoms with Crippen molar-refractivity contribution in [3.8, 4) is 11.1 Å². The molecule has 6 N–H and O–H groups in total. The molecule has 7 heteroatoms. The van der Waals surface area contributed by atoms with Crippen LogP contribution in [0.1, 0.15) is 22.8 Å². The normalized spacial score (nSPS) is 18.6. The molecule has 0 spiro atoms. The average Bonchev–Trinajstić information content (AvgIpc) is 2.74. The molecule has 0 bridgehead atoms. The van der Waals surface area contributed by atoms with E-state index >= 15 is 0 Å². The van der Waals surface area contributed by atoms with E-state index in [1.54, 1.807) is 37.4 Å². The molecule has 1 heterocycles. The van der Waals surface area contributed by atoms with Gasteiger partial charge in [-0.1, -0.05) is 36.4 Å². The maximum atomic E-state index is 12.5. The Balaban J connectivity index is 1.67. The van der Waals surface area contributed by atoms with Gasteiger partial charge >= 0.3 is 0 Å². The molecular weight excluding hydrogens is 368 g/mol. The van der Waals surface area contributed by atoms with Crippen molar-refractivity contribution < 1.29 is 15.0 Å². The highest BCUT2D eigenvalue weighted by atomic mass is 16.3. The molecular formula is C22H24N4O3. The van der Waals surface area contributed by atoms with Crippen molar-refractivity contribution in [3.05, 3.63) is 70.8 Å². The Hall–Kier alpha value is -3.29. The van der Waals surface area contributed by atoms with Crippen molar-refractivity contribution in [2.24, 2.45) is 10.7 Å². The maximum absolute atomic E-state index is 12.5. The highest BCUT2D eigenvalue weighted by Gasteiger charge is 2.24. The van der Waals surface area contributed by atoms with E-state index in [-0.39, 0.29) is 30.9 Å². The van der Waals surface area contributed by atoms with Crippen LogP contribution in [0.4, 0.5) is 0 Å². The molecule has 2 atom stereocenters. The third-order valence-electron chi connectivity index (χ3n) is 4.98. The highest BCUT2D eigenvalue weighted by Crippen LogP contribution is 2.21. The Morgan fingerprint density at radius 2 is 1.66 bits per heavy atom. The first kappa shape index (κ1) is 20.4. The predicted molar refractivity (Wildman–Crippen MR) is 113 cm³/mol. The van der Waals surface area contributed by atoms with Gasteiger partial charge in [-0.2, -0.15) is 0 Å². The number of nitrogens with one attached hydrogen (secondary N) is 2. The zero-order chi connectivity index (χ0) is 21.0. The minimum absolute atomic E-state index is 0.0213. The number of rotatable bonds is 6. The lowest BCUT2D eigenvalue weighted by atomic mass is 9.96. The van der Waals surface area contributed by atoms with Gasteiger partial charge in [-0.25, -0.2) is 0 Å². The Morgan fingerprint density at radius 3 is 2.17 bits per heavy atom. The number of carbonyl (C=O) groups excluding carboxylic acids is 1. The summed E-state index contributed by atoms with van der Waals surface area (Å²) >= 11 is 0. The van der Waals surface area contributed by atoms with E-state index in [4.69, 9.17) is 11.1 Å². The standard InChI is InChI=1S/C22H24N4O3/c1-13-20(28)19(12-27)18(10-25-13)11-26-22(29)17-8-4-15(5-9-17)14-2-6-16(7-3-14)21(23)24/h2-10,13,20,27-28H,11-12H2,1H3,(H3,23,24)(H,26,29). The van der Waals surface area contributed by atoms with Gasteiger partial charge in [0.1, 0.15) is 5.84 Å². The first-order valence-corrected chi connectivity index (χ1v) is 9.28. The van der Waals surface area contributed by atoms with Gasteiger partial charge in [0.15, 0.2) is 0 Å². The number of nitrogen functional groups attached to an aromatic ring is 1. The number of nitrogens with zero attached hydrogens (tertiary/aromatic N) is 1. The third-order valence-corrected chi connectivity index (χ3v) is 4.98. The van der Waals surface area contributed by atoms with Gasteiger partial charge in [-0.15, -0.1) is 0 Å². The van der Waals surface area contributed by atoms with Gasteiger partial charge in [0, 0.05) is 23.9 Å². The average molecular weight is 392 g/mol. The Kier molecular flexibility index (Phi) is 6.21. The number of aliphatic hydroxyl groups excluding tert-OH is 2. The van der Waals surface area contributed by atoms with E-state index < -0.39 is 6.10 Å². The Morgan fingerprint density at radius 1 is 1.10 bits per heavy atom. The molecule has 0 saturated heterocycles. The third kappa shape index (κ3) is 4.59. The summed E-state index contributed by atoms with van der Waals surface area (Å²) in [5.41, 5.74) is 9.64. The van der Waals surface area contributed by atoms with Gasteiger partial charge in [0.05, 0.1) is 18.8 Å². The van der Waals surface area contributed by atoms with Crippen LogP contribution in [0.2, 0.25) is 0 Å². The zero-order valence-corrected chi connectivity index (χ0v) is 16.1. The number of amides is 1. The number of nitrogens with two attached hydrogens (primary N) is 1. The topological polar surface area (TPSA) is 132 Å². The second kappa shape index (κ2) is 8.81. The zero-order valence-electron chi connectivity index (χ0n) is 16.1. The second-order valence-electron chi connectivity index (χ2n) is 6.92. The summed E-state index contributed by atoms with van der Waals surface area (Å²) in [4.78, 5) is 16.6. The first-order valence-electron chi connectivity index (χ1n) is 9.28. The lowest BCUT2D eigenvalue weighted by Crippen LogP contribution is -2.34. The van der Waals surface area contributed by atoms with Gasteiger partial charge in [-0.05, 0) is 41.3 Å². The summed E-state index contributed by atoms with van der Waals surface area (Å²) in [6.07, 6.45) is 0.752. The smallest absolute Gasteiger partial charge is 0.251 e. The van der Waals surface area contributed by atoms with E-state index in [2.05, 4.69) is 10.3 Å². The number of carbonyl (C=O) groups is 1. The largest absolute Gasteiger partial charge is 0.392 e. The fourth-order valence-corrected chi connectivity index (χ4v) is 3.14. The van der Waals surface area contributed by atoms with Crippen LogP contribution in [0.25, 0.3) is 11.1 Å². The number of dihydropyridines is 1. The molecule has 0 radical (unpaired) electrons. The van der Waals surface area contributed by atoms with Crippen LogP contribution in [0.15, 0.2) is 64.7 Å². The molecule has 29 heavy (non-hydrogen) atoms. The number of hydrogen-bond donors (Lipinski definition) is 5. The SMILES string of the molecule is CC1N=CC(CNC(=O)c2ccc(-c3ccc(C(=N)N)cc3)cc2)=C(CO)C1O. The van der Waals surface area contributed by atoms with E-state index in [0.29, 0.717) is 22.3 Å². The maximum Gasteiger partial charge on any atom is 0.251 e. The van der Waals surface area contributed by atoms with E-state index in [1.165, 1.54) is 0 Å². The summed E-state index contributed by atoms with van der Waals surface area (Å²) < 4.78 is 0. The predicted octanol–water partition coefficient (Wildman–Crippen LogP) is 1.49. The van der Waals surface area contributed by atoms with Gasteiger partial charge in [-0.3, -0.25) is 15.2 Å². The molecule has 3 rings (SSSR count). The minimum atomic E-state index is -0.842. The van der Waals surface area contributed by atoms with Crippen LogP contribution in [0.3, 0.4) is 0 Å². The lowest BCUT2D eigenvalue weighted by molar-refractivity contribution is 0.0956. The molecule has 1 aliphatic rings. The molecule has 0 saturated carbocycles. The summed E-state index contributed by atoms with van der Waals surface area (Å²) in [6, 6.07) is 14.2. The van der Waals surface area contributed by atoms with Crippen molar-refractivity contribution in [1.29, 1.82) is 5.41 Å². The monoisotopic (exact) mass is 392 g/mol.